The summed E-state index contributed by atoms with van der Waals surface area (Å²) in [4.78, 5) is 0. The van der Waals surface area contributed by atoms with Crippen molar-refractivity contribution in [1.82, 2.24) is 0 Å². The van der Waals surface area contributed by atoms with Crippen LogP contribution in [0.3, 0.4) is 0 Å². The summed E-state index contributed by atoms with van der Waals surface area (Å²) in [6, 6.07) is 7.53. The lowest BCUT2D eigenvalue weighted by Crippen LogP contribution is -1.80. The van der Waals surface area contributed by atoms with Gasteiger partial charge in [-0.2, -0.15) is 11.8 Å². The molecule has 1 aliphatic rings. The number of halogens is 1. The van der Waals surface area contributed by atoms with Crippen molar-refractivity contribution in [2.75, 3.05) is 17.2 Å². The van der Waals surface area contributed by atoms with Crippen LogP contribution in [0.15, 0.2) is 28.7 Å². The van der Waals surface area contributed by atoms with Crippen molar-refractivity contribution in [2.24, 2.45) is 0 Å². The van der Waals surface area contributed by atoms with Crippen LogP contribution >= 0.6 is 27.7 Å². The lowest BCUT2D eigenvalue weighted by atomic mass is 10.3. The highest BCUT2D eigenvalue weighted by Gasteiger charge is 1.95. The monoisotopic (exact) mass is 259 g/mol. The van der Waals surface area contributed by atoms with Gasteiger partial charge < -0.3 is 5.73 Å². The molecule has 0 aromatic heterocycles. The minimum Gasteiger partial charge on any atom is -0.399 e. The summed E-state index contributed by atoms with van der Waals surface area (Å²) in [6.07, 6.45) is 2.93. The van der Waals surface area contributed by atoms with Gasteiger partial charge in [-0.15, -0.1) is 0 Å². The average Bonchev–Trinajstić information content (AvgIpc) is 2.68. The van der Waals surface area contributed by atoms with Gasteiger partial charge in [0, 0.05) is 10.2 Å². The van der Waals surface area contributed by atoms with Gasteiger partial charge in [0.2, 0.25) is 0 Å². The second kappa shape index (κ2) is 6.33. The number of thioether (sulfide) groups is 1. The lowest BCUT2D eigenvalue weighted by molar-refractivity contribution is 0.949. The van der Waals surface area contributed by atoms with E-state index in [0.717, 1.165) is 10.2 Å². The Morgan fingerprint density at radius 1 is 1.08 bits per heavy atom. The van der Waals surface area contributed by atoms with Crippen molar-refractivity contribution >= 4 is 33.4 Å². The third-order valence-corrected chi connectivity index (χ3v) is 3.38. The molecule has 2 N–H and O–H groups in total. The van der Waals surface area contributed by atoms with Crippen LogP contribution in [-0.2, 0) is 0 Å². The number of rotatable bonds is 0. The molecular formula is C10H14BrNS. The first-order valence-corrected chi connectivity index (χ1v) is 6.32. The molecule has 1 saturated heterocycles. The largest absolute Gasteiger partial charge is 0.399 e. The molecule has 1 fully saturated rings. The molecule has 0 unspecified atom stereocenters. The van der Waals surface area contributed by atoms with E-state index in [1.54, 1.807) is 0 Å². The van der Waals surface area contributed by atoms with E-state index < -0.39 is 0 Å². The van der Waals surface area contributed by atoms with Crippen LogP contribution in [0.4, 0.5) is 5.69 Å². The van der Waals surface area contributed by atoms with E-state index in [-0.39, 0.29) is 0 Å². The van der Waals surface area contributed by atoms with Crippen molar-refractivity contribution in [2.45, 2.75) is 12.8 Å². The highest BCUT2D eigenvalue weighted by atomic mass is 79.9. The third-order valence-electron chi connectivity index (χ3n) is 1.70. The molecule has 13 heavy (non-hydrogen) atoms. The van der Waals surface area contributed by atoms with Gasteiger partial charge in [-0.05, 0) is 48.6 Å². The maximum absolute atomic E-state index is 5.41. The number of hydrogen-bond acceptors (Lipinski definition) is 2. The molecule has 1 nitrogen and oxygen atoms in total. The standard InChI is InChI=1S/C6H6BrN.C4H8S/c7-5-1-3-6(8)4-2-5;1-2-4-5-3-1/h1-4H,8H2;1-4H2. The summed E-state index contributed by atoms with van der Waals surface area (Å²) in [5.41, 5.74) is 6.21. The quantitative estimate of drug-likeness (QED) is 0.722. The van der Waals surface area contributed by atoms with Gasteiger partial charge in [0.05, 0.1) is 0 Å². The summed E-state index contributed by atoms with van der Waals surface area (Å²) in [5, 5.41) is 0. The zero-order valence-electron chi connectivity index (χ0n) is 7.50. The van der Waals surface area contributed by atoms with Crippen molar-refractivity contribution < 1.29 is 0 Å². The van der Waals surface area contributed by atoms with Gasteiger partial charge in [0.25, 0.3) is 0 Å². The number of benzene rings is 1. The summed E-state index contributed by atoms with van der Waals surface area (Å²) in [7, 11) is 0. The Morgan fingerprint density at radius 2 is 1.62 bits per heavy atom. The Hall–Kier alpha value is -0.150. The number of anilines is 1. The molecule has 2 rings (SSSR count). The highest BCUT2D eigenvalue weighted by molar-refractivity contribution is 9.10. The molecular weight excluding hydrogens is 246 g/mol. The summed E-state index contributed by atoms with van der Waals surface area (Å²) >= 11 is 5.36. The fraction of sp³-hybridized carbons (Fsp3) is 0.400. The van der Waals surface area contributed by atoms with Crippen LogP contribution in [-0.4, -0.2) is 11.5 Å². The van der Waals surface area contributed by atoms with Crippen LogP contribution in [0.5, 0.6) is 0 Å². The van der Waals surface area contributed by atoms with Crippen molar-refractivity contribution in [3.8, 4) is 0 Å². The zero-order chi connectivity index (χ0) is 9.52. The highest BCUT2D eigenvalue weighted by Crippen LogP contribution is 2.14. The summed E-state index contributed by atoms with van der Waals surface area (Å²) < 4.78 is 1.06. The smallest absolute Gasteiger partial charge is 0.0314 e. The van der Waals surface area contributed by atoms with Gasteiger partial charge in [0.1, 0.15) is 0 Å². The topological polar surface area (TPSA) is 26.0 Å². The van der Waals surface area contributed by atoms with E-state index in [1.807, 2.05) is 24.3 Å². The van der Waals surface area contributed by atoms with Crippen molar-refractivity contribution in [3.63, 3.8) is 0 Å². The van der Waals surface area contributed by atoms with Crippen LogP contribution < -0.4 is 5.73 Å². The van der Waals surface area contributed by atoms with Crippen molar-refractivity contribution in [1.29, 1.82) is 0 Å². The molecule has 0 saturated carbocycles. The summed E-state index contributed by atoms with van der Waals surface area (Å²) in [6.45, 7) is 0. The van der Waals surface area contributed by atoms with E-state index in [4.69, 9.17) is 5.73 Å². The molecule has 0 amide bonds. The Labute approximate surface area is 92.2 Å². The Balaban J connectivity index is 0.000000145. The molecule has 1 aromatic rings. The first-order chi connectivity index (χ1) is 6.29. The fourth-order valence-corrected chi connectivity index (χ4v) is 2.26. The zero-order valence-corrected chi connectivity index (χ0v) is 9.90. The van der Waals surface area contributed by atoms with Gasteiger partial charge in [0.15, 0.2) is 0 Å². The molecule has 0 aliphatic carbocycles. The second-order valence-corrected chi connectivity index (χ2v) is 5.01. The average molecular weight is 260 g/mol. The van der Waals surface area contributed by atoms with Crippen LogP contribution in [0, 0.1) is 0 Å². The Kier molecular flexibility index (Phi) is 5.32. The molecule has 0 bridgehead atoms. The molecule has 3 heteroatoms. The molecule has 0 spiro atoms. The normalized spacial score (nSPS) is 14.8. The lowest BCUT2D eigenvalue weighted by Gasteiger charge is -1.88. The van der Waals surface area contributed by atoms with Gasteiger partial charge in [-0.3, -0.25) is 0 Å². The van der Waals surface area contributed by atoms with E-state index >= 15 is 0 Å². The van der Waals surface area contributed by atoms with Crippen molar-refractivity contribution in [3.05, 3.63) is 28.7 Å². The van der Waals surface area contributed by atoms with E-state index in [2.05, 4.69) is 27.7 Å². The van der Waals surface area contributed by atoms with Crippen LogP contribution in [0.1, 0.15) is 12.8 Å². The SMILES string of the molecule is C1CCSC1.Nc1ccc(Br)cc1. The first-order valence-electron chi connectivity index (χ1n) is 4.38. The summed E-state index contributed by atoms with van der Waals surface area (Å²) in [5.74, 6) is 2.83. The maximum atomic E-state index is 5.41. The Morgan fingerprint density at radius 3 is 1.92 bits per heavy atom. The molecule has 0 atom stereocenters. The van der Waals surface area contributed by atoms with E-state index in [9.17, 15) is 0 Å². The van der Waals surface area contributed by atoms with E-state index in [1.165, 1.54) is 24.3 Å². The molecule has 1 heterocycles. The predicted molar refractivity (Wildman–Crippen MR) is 65.1 cm³/mol. The molecule has 0 radical (unpaired) electrons. The second-order valence-electron chi connectivity index (χ2n) is 2.87. The van der Waals surface area contributed by atoms with E-state index in [0.29, 0.717) is 0 Å². The number of nitrogen functional groups attached to an aromatic ring is 1. The van der Waals surface area contributed by atoms with Crippen LogP contribution in [0.2, 0.25) is 0 Å². The minimum absolute atomic E-state index is 0.799. The maximum Gasteiger partial charge on any atom is 0.0314 e. The van der Waals surface area contributed by atoms with Crippen LogP contribution in [0.25, 0.3) is 0 Å². The molecule has 1 aromatic carbocycles. The number of nitrogens with two attached hydrogens (primary N) is 1. The van der Waals surface area contributed by atoms with Gasteiger partial charge in [-0.1, -0.05) is 15.9 Å². The third kappa shape index (κ3) is 5.21. The predicted octanol–water partition coefficient (Wildman–Crippen LogP) is 3.54. The fourth-order valence-electron chi connectivity index (χ4n) is 0.973. The van der Waals surface area contributed by atoms with Gasteiger partial charge >= 0.3 is 0 Å². The number of hydrogen-bond donors (Lipinski definition) is 1. The molecule has 1 aliphatic heterocycles. The van der Waals surface area contributed by atoms with Gasteiger partial charge in [-0.25, -0.2) is 0 Å². The first kappa shape index (κ1) is 10.9. The minimum atomic E-state index is 0.799. The molecule has 72 valence electrons. The Bertz CT molecular complexity index is 203.